The number of esters is 1. The largest absolute Gasteiger partial charge is 0.507 e. The third-order valence-electron chi connectivity index (χ3n) is 10.3. The number of aromatic hydroxyl groups is 1. The number of ether oxygens (including phenoxy) is 4. The minimum Gasteiger partial charge on any atom is -0.507 e. The van der Waals surface area contributed by atoms with Crippen LogP contribution in [0.15, 0.2) is 52.4 Å². The highest BCUT2D eigenvalue weighted by Crippen LogP contribution is 2.48. The summed E-state index contributed by atoms with van der Waals surface area (Å²) in [5.74, 6) is -9.32. The van der Waals surface area contributed by atoms with Crippen LogP contribution in [-0.4, -0.2) is 95.1 Å². The third kappa shape index (κ3) is 7.62. The first-order valence-electron chi connectivity index (χ1n) is 17.3. The molecule has 3 aliphatic heterocycles. The number of carbonyl (C=O) groups is 5. The van der Waals surface area contributed by atoms with Crippen LogP contribution in [0.4, 0.5) is 0 Å². The van der Waals surface area contributed by atoms with Gasteiger partial charge in [0.2, 0.25) is 5.78 Å². The van der Waals surface area contributed by atoms with E-state index in [1.54, 1.807) is 33.8 Å². The van der Waals surface area contributed by atoms with E-state index >= 15 is 0 Å². The number of aliphatic hydroxyl groups excluding tert-OH is 2. The van der Waals surface area contributed by atoms with Gasteiger partial charge in [0.1, 0.15) is 23.3 Å². The van der Waals surface area contributed by atoms with Crippen molar-refractivity contribution >= 4 is 35.4 Å². The average molecular weight is 737 g/mol. The number of carbonyl (C=O) groups excluding carboxylic acids is 5. The van der Waals surface area contributed by atoms with E-state index in [2.05, 4.69) is 10.3 Å². The Hall–Kier alpha value is -4.92. The number of rotatable bonds is 3. The number of phenols is 1. The summed E-state index contributed by atoms with van der Waals surface area (Å²) in [6.45, 7) is 12.3. The number of phenolic OH excluding ortho intramolecular Hbond substituents is 1. The molecule has 1 aromatic carbocycles. The van der Waals surface area contributed by atoms with Crippen LogP contribution in [0.3, 0.4) is 0 Å². The zero-order valence-corrected chi connectivity index (χ0v) is 31.5. The Morgan fingerprint density at radius 1 is 0.962 bits per heavy atom. The lowest BCUT2D eigenvalue weighted by atomic mass is 9.78. The SMILES string of the molecule is CN=CC1=C2NC(=O)C(C)=CC=CC(C)C(O)C(C)C(O)C(C)C(OC(C)=O)C(C)C(OC)/C=C\OC3(C)Oc4c(C)c(O)c(c(c4C3=O)C1=O)C2=O. The first-order valence-corrected chi connectivity index (χ1v) is 17.3. The minimum absolute atomic E-state index is 0.0136. The van der Waals surface area contributed by atoms with Crippen LogP contribution >= 0.6 is 0 Å². The van der Waals surface area contributed by atoms with Crippen LogP contribution < -0.4 is 10.1 Å². The molecule has 0 saturated carbocycles. The Morgan fingerprint density at radius 3 is 2.23 bits per heavy atom. The lowest BCUT2D eigenvalue weighted by molar-refractivity contribution is -0.160. The monoisotopic (exact) mass is 736 g/mol. The normalized spacial score (nSPS) is 32.0. The quantitative estimate of drug-likeness (QED) is 0.259. The molecule has 14 nitrogen and oxygen atoms in total. The summed E-state index contributed by atoms with van der Waals surface area (Å²) in [6.07, 6.45) is 4.42. The predicted molar refractivity (Wildman–Crippen MR) is 193 cm³/mol. The zero-order chi connectivity index (χ0) is 39.7. The van der Waals surface area contributed by atoms with Gasteiger partial charge in [-0.3, -0.25) is 29.0 Å². The summed E-state index contributed by atoms with van der Waals surface area (Å²) in [7, 11) is 2.77. The molecule has 0 saturated heterocycles. The molecule has 14 heteroatoms. The number of Topliss-reactive ketones (excluding diaryl/α,β-unsaturated/α-hetero) is 3. The van der Waals surface area contributed by atoms with E-state index in [-0.39, 0.29) is 28.0 Å². The number of allylic oxidation sites excluding steroid dienone is 4. The molecule has 0 spiro atoms. The maximum atomic E-state index is 14.1. The van der Waals surface area contributed by atoms with Gasteiger partial charge in [-0.2, -0.15) is 0 Å². The highest BCUT2D eigenvalue weighted by molar-refractivity contribution is 6.37. The van der Waals surface area contributed by atoms with Crippen molar-refractivity contribution in [2.75, 3.05) is 14.2 Å². The fourth-order valence-corrected chi connectivity index (χ4v) is 6.97. The van der Waals surface area contributed by atoms with Crippen LogP contribution in [0.25, 0.3) is 0 Å². The van der Waals surface area contributed by atoms with Crippen LogP contribution in [0, 0.1) is 30.6 Å². The van der Waals surface area contributed by atoms with E-state index in [0.29, 0.717) is 0 Å². The van der Waals surface area contributed by atoms with Crippen molar-refractivity contribution in [3.05, 3.63) is 69.7 Å². The van der Waals surface area contributed by atoms with Crippen molar-refractivity contribution in [3.8, 4) is 11.5 Å². The van der Waals surface area contributed by atoms with Gasteiger partial charge in [0.25, 0.3) is 11.7 Å². The number of ketones is 3. The van der Waals surface area contributed by atoms with Crippen molar-refractivity contribution < 1.29 is 58.2 Å². The molecular formula is C39H48N2O12. The molecule has 3 heterocycles. The van der Waals surface area contributed by atoms with Gasteiger partial charge >= 0.3 is 11.8 Å². The maximum absolute atomic E-state index is 14.1. The number of nitrogens with one attached hydrogen (secondary N) is 1. The van der Waals surface area contributed by atoms with Crippen molar-refractivity contribution in [2.24, 2.45) is 28.7 Å². The van der Waals surface area contributed by atoms with Crippen molar-refractivity contribution in [1.29, 1.82) is 0 Å². The molecule has 0 aromatic heterocycles. The van der Waals surface area contributed by atoms with E-state index < -0.39 is 106 Å². The van der Waals surface area contributed by atoms with Gasteiger partial charge in [0.15, 0.2) is 5.78 Å². The topological polar surface area (TPSA) is 207 Å². The molecule has 5 bridgehead atoms. The number of benzene rings is 1. The lowest BCUT2D eigenvalue weighted by Crippen LogP contribution is -2.46. The number of nitrogens with zero attached hydrogens (tertiary/aromatic N) is 1. The van der Waals surface area contributed by atoms with E-state index in [0.717, 1.165) is 12.5 Å². The summed E-state index contributed by atoms with van der Waals surface area (Å²) >= 11 is 0. The fraction of sp³-hybridized carbons (Fsp3) is 0.487. The number of hydrogen-bond acceptors (Lipinski definition) is 13. The van der Waals surface area contributed by atoms with Crippen LogP contribution in [0.1, 0.15) is 85.1 Å². The Balaban J connectivity index is 1.90. The van der Waals surface area contributed by atoms with Gasteiger partial charge in [-0.25, -0.2) is 0 Å². The molecule has 1 amide bonds. The second kappa shape index (κ2) is 16.0. The van der Waals surface area contributed by atoms with Gasteiger partial charge in [-0.1, -0.05) is 45.9 Å². The summed E-state index contributed by atoms with van der Waals surface area (Å²) in [5.41, 5.74) is -1.85. The summed E-state index contributed by atoms with van der Waals surface area (Å²) in [5, 5.41) is 36.4. The molecule has 9 atom stereocenters. The molecule has 0 radical (unpaired) electrons. The predicted octanol–water partition coefficient (Wildman–Crippen LogP) is 3.70. The number of fused-ring (bicyclic) bond motifs is 14. The summed E-state index contributed by atoms with van der Waals surface area (Å²) in [6, 6.07) is 0. The third-order valence-corrected chi connectivity index (χ3v) is 10.3. The van der Waals surface area contributed by atoms with Crippen LogP contribution in [0.5, 0.6) is 11.5 Å². The molecule has 1 aromatic rings. The standard InChI is InChI=1S/C39H48N2O12/c1-17-12-11-13-18(2)38(49)41-29-24(16-40-9)33(46)26-27(34(29)47)32(45)22(6)36-28(26)37(48)39(8,53-36)51-15-14-25(50-10)19(3)35(52-23(7)42)21(5)31(44)20(4)30(17)43/h11-17,19-21,25,30-31,35,43-45H,1-10H3,(H,41,49)/b12-11?,15-14-,18-13?,40-16?. The fourth-order valence-electron chi connectivity index (χ4n) is 6.97. The maximum Gasteiger partial charge on any atom is 0.312 e. The van der Waals surface area contributed by atoms with Gasteiger partial charge in [0, 0.05) is 69.0 Å². The first kappa shape index (κ1) is 40.8. The van der Waals surface area contributed by atoms with Crippen LogP contribution in [0.2, 0.25) is 0 Å². The highest BCUT2D eigenvalue weighted by atomic mass is 16.7. The number of amides is 1. The minimum atomic E-state index is -2.07. The molecule has 1 aliphatic carbocycles. The Labute approximate surface area is 308 Å². The van der Waals surface area contributed by atoms with E-state index in [1.165, 1.54) is 60.1 Å². The Bertz CT molecular complexity index is 1860. The lowest BCUT2D eigenvalue weighted by Gasteiger charge is -2.38. The van der Waals surface area contributed by atoms with Crippen LogP contribution in [-0.2, 0) is 23.8 Å². The van der Waals surface area contributed by atoms with Gasteiger partial charge in [-0.05, 0) is 19.9 Å². The highest BCUT2D eigenvalue weighted by Gasteiger charge is 2.52. The Kier molecular flexibility index (Phi) is 12.3. The Morgan fingerprint density at radius 2 is 1.62 bits per heavy atom. The molecule has 53 heavy (non-hydrogen) atoms. The molecule has 286 valence electrons. The number of methoxy groups -OCH3 is 1. The summed E-state index contributed by atoms with van der Waals surface area (Å²) < 4.78 is 23.2. The molecule has 0 fully saturated rings. The van der Waals surface area contributed by atoms with Crippen molar-refractivity contribution in [1.82, 2.24) is 5.32 Å². The number of aliphatic hydroxyl groups is 2. The van der Waals surface area contributed by atoms with Gasteiger partial charge < -0.3 is 39.6 Å². The molecule has 4 N–H and O–H groups in total. The second-order valence-electron chi connectivity index (χ2n) is 14.0. The zero-order valence-electron chi connectivity index (χ0n) is 31.5. The second-order valence-corrected chi connectivity index (χ2v) is 14.0. The van der Waals surface area contributed by atoms with Gasteiger partial charge in [-0.15, -0.1) is 0 Å². The molecule has 4 aliphatic rings. The van der Waals surface area contributed by atoms with Gasteiger partial charge in [0.05, 0.1) is 46.8 Å². The smallest absolute Gasteiger partial charge is 0.312 e. The number of hydrogen-bond donors (Lipinski definition) is 4. The molecular weight excluding hydrogens is 688 g/mol. The summed E-state index contributed by atoms with van der Waals surface area (Å²) in [4.78, 5) is 71.8. The van der Waals surface area contributed by atoms with E-state index in [1.807, 2.05) is 0 Å². The molecule has 9 unspecified atom stereocenters. The van der Waals surface area contributed by atoms with E-state index in [4.69, 9.17) is 18.9 Å². The number of aliphatic imine (C=N–C) groups is 1. The molecule has 5 rings (SSSR count). The van der Waals surface area contributed by atoms with Crippen molar-refractivity contribution in [2.45, 2.75) is 85.6 Å². The van der Waals surface area contributed by atoms with Crippen molar-refractivity contribution in [3.63, 3.8) is 0 Å². The first-order chi connectivity index (χ1) is 24.8. The average Bonchev–Trinajstić information content (AvgIpc) is 3.38. The van der Waals surface area contributed by atoms with E-state index in [9.17, 15) is 39.3 Å².